The summed E-state index contributed by atoms with van der Waals surface area (Å²) < 4.78 is 0. The van der Waals surface area contributed by atoms with Gasteiger partial charge < -0.3 is 10.6 Å². The van der Waals surface area contributed by atoms with Crippen molar-refractivity contribution in [3.05, 3.63) is 30.1 Å². The highest BCUT2D eigenvalue weighted by molar-refractivity contribution is 5.85. The number of amides is 1. The summed E-state index contributed by atoms with van der Waals surface area (Å²) in [6.45, 7) is 3.02. The fourth-order valence-electron chi connectivity index (χ4n) is 2.25. The second-order valence-electron chi connectivity index (χ2n) is 4.82. The van der Waals surface area contributed by atoms with Crippen molar-refractivity contribution in [3.8, 4) is 0 Å². The Kier molecular flexibility index (Phi) is 10.4. The van der Waals surface area contributed by atoms with Gasteiger partial charge >= 0.3 is 0 Å². The van der Waals surface area contributed by atoms with Gasteiger partial charge in [0.15, 0.2) is 0 Å². The van der Waals surface area contributed by atoms with E-state index in [4.69, 9.17) is 0 Å². The molecule has 0 aliphatic carbocycles. The predicted molar refractivity (Wildman–Crippen MR) is 85.7 cm³/mol. The van der Waals surface area contributed by atoms with E-state index in [-0.39, 0.29) is 30.7 Å². The van der Waals surface area contributed by atoms with Gasteiger partial charge in [0.1, 0.15) is 0 Å². The molecule has 1 aliphatic rings. The first kappa shape index (κ1) is 19.2. The molecular formula is C14H23Cl2N3O. The van der Waals surface area contributed by atoms with Crippen LogP contribution in [0.1, 0.15) is 25.0 Å². The van der Waals surface area contributed by atoms with Crippen LogP contribution in [0.15, 0.2) is 24.4 Å². The van der Waals surface area contributed by atoms with Crippen LogP contribution in [-0.2, 0) is 11.2 Å². The zero-order valence-corrected chi connectivity index (χ0v) is 13.1. The van der Waals surface area contributed by atoms with Gasteiger partial charge in [-0.05, 0) is 50.4 Å². The molecule has 1 fully saturated rings. The Morgan fingerprint density at radius 1 is 1.40 bits per heavy atom. The van der Waals surface area contributed by atoms with Crippen LogP contribution in [0, 0.1) is 5.92 Å². The average Bonchev–Trinajstić information content (AvgIpc) is 2.91. The number of rotatable bonds is 6. The van der Waals surface area contributed by atoms with Crippen LogP contribution in [0.2, 0.25) is 0 Å². The number of hydrogen-bond donors (Lipinski definition) is 2. The molecule has 0 radical (unpaired) electrons. The quantitative estimate of drug-likeness (QED) is 0.843. The summed E-state index contributed by atoms with van der Waals surface area (Å²) in [5.41, 5.74) is 0.979. The van der Waals surface area contributed by atoms with Crippen molar-refractivity contribution in [1.82, 2.24) is 15.6 Å². The van der Waals surface area contributed by atoms with Crippen molar-refractivity contribution in [1.29, 1.82) is 0 Å². The van der Waals surface area contributed by atoms with E-state index in [0.717, 1.165) is 44.1 Å². The van der Waals surface area contributed by atoms with Gasteiger partial charge in [0.05, 0.1) is 0 Å². The van der Waals surface area contributed by atoms with Gasteiger partial charge in [0, 0.05) is 24.9 Å². The van der Waals surface area contributed by atoms with E-state index >= 15 is 0 Å². The Morgan fingerprint density at radius 3 is 2.90 bits per heavy atom. The highest BCUT2D eigenvalue weighted by Crippen LogP contribution is 2.10. The van der Waals surface area contributed by atoms with Crippen molar-refractivity contribution in [3.63, 3.8) is 0 Å². The van der Waals surface area contributed by atoms with Gasteiger partial charge in [0.25, 0.3) is 0 Å². The molecule has 0 spiro atoms. The van der Waals surface area contributed by atoms with Gasteiger partial charge in [0.2, 0.25) is 5.91 Å². The van der Waals surface area contributed by atoms with E-state index in [1.807, 2.05) is 18.2 Å². The standard InChI is InChI=1S/C14H21N3O.2ClH/c18-14(5-4-13-3-1-2-8-16-13)17-10-7-12-6-9-15-11-12;;/h1-3,8,12,15H,4-7,9-11H2,(H,17,18);2*1H. The number of hydrogen-bond acceptors (Lipinski definition) is 3. The molecule has 2 heterocycles. The van der Waals surface area contributed by atoms with Crippen LogP contribution in [0.3, 0.4) is 0 Å². The molecule has 2 N–H and O–H groups in total. The third-order valence-corrected chi connectivity index (χ3v) is 3.37. The van der Waals surface area contributed by atoms with Crippen molar-refractivity contribution in [2.45, 2.75) is 25.7 Å². The van der Waals surface area contributed by atoms with Crippen LogP contribution >= 0.6 is 24.8 Å². The number of aromatic nitrogens is 1. The molecule has 2 rings (SSSR count). The van der Waals surface area contributed by atoms with E-state index in [1.54, 1.807) is 6.20 Å². The van der Waals surface area contributed by atoms with Crippen molar-refractivity contribution in [2.75, 3.05) is 19.6 Å². The van der Waals surface area contributed by atoms with E-state index in [0.29, 0.717) is 6.42 Å². The lowest BCUT2D eigenvalue weighted by Gasteiger charge is -2.09. The number of carbonyl (C=O) groups is 1. The minimum absolute atomic E-state index is 0. The van der Waals surface area contributed by atoms with Gasteiger partial charge in [-0.25, -0.2) is 0 Å². The van der Waals surface area contributed by atoms with Crippen LogP contribution in [0.25, 0.3) is 0 Å². The second-order valence-corrected chi connectivity index (χ2v) is 4.82. The molecular weight excluding hydrogens is 297 g/mol. The zero-order valence-electron chi connectivity index (χ0n) is 11.5. The first-order valence-corrected chi connectivity index (χ1v) is 6.72. The summed E-state index contributed by atoms with van der Waals surface area (Å²) >= 11 is 0. The minimum atomic E-state index is 0. The molecule has 1 unspecified atom stereocenters. The van der Waals surface area contributed by atoms with E-state index in [2.05, 4.69) is 15.6 Å². The van der Waals surface area contributed by atoms with Crippen LogP contribution in [0.5, 0.6) is 0 Å². The summed E-state index contributed by atoms with van der Waals surface area (Å²) in [6.07, 6.45) is 5.34. The number of nitrogens with one attached hydrogen (secondary N) is 2. The summed E-state index contributed by atoms with van der Waals surface area (Å²) in [7, 11) is 0. The highest BCUT2D eigenvalue weighted by Gasteiger charge is 2.13. The summed E-state index contributed by atoms with van der Waals surface area (Å²) in [4.78, 5) is 15.8. The normalized spacial score (nSPS) is 16.9. The van der Waals surface area contributed by atoms with Crippen molar-refractivity contribution < 1.29 is 4.79 Å². The van der Waals surface area contributed by atoms with Crippen LogP contribution in [-0.4, -0.2) is 30.5 Å². The smallest absolute Gasteiger partial charge is 0.220 e. The fraction of sp³-hybridized carbons (Fsp3) is 0.571. The lowest BCUT2D eigenvalue weighted by molar-refractivity contribution is -0.121. The van der Waals surface area contributed by atoms with Gasteiger partial charge in [-0.15, -0.1) is 24.8 Å². The Balaban J connectivity index is 0.00000180. The molecule has 114 valence electrons. The zero-order chi connectivity index (χ0) is 12.6. The first-order valence-electron chi connectivity index (χ1n) is 6.72. The number of aryl methyl sites for hydroxylation is 1. The third kappa shape index (κ3) is 7.08. The van der Waals surface area contributed by atoms with Gasteiger partial charge in [-0.2, -0.15) is 0 Å². The number of pyridine rings is 1. The van der Waals surface area contributed by atoms with E-state index in [1.165, 1.54) is 6.42 Å². The number of carbonyl (C=O) groups excluding carboxylic acids is 1. The van der Waals surface area contributed by atoms with E-state index < -0.39 is 0 Å². The minimum Gasteiger partial charge on any atom is -0.356 e. The Morgan fingerprint density at radius 2 is 2.25 bits per heavy atom. The molecule has 1 saturated heterocycles. The lowest BCUT2D eigenvalue weighted by Crippen LogP contribution is -2.26. The fourth-order valence-corrected chi connectivity index (χ4v) is 2.25. The average molecular weight is 320 g/mol. The second kappa shape index (κ2) is 10.9. The Hall–Kier alpha value is -0.840. The molecule has 1 aliphatic heterocycles. The molecule has 6 heteroatoms. The SMILES string of the molecule is Cl.Cl.O=C(CCc1ccccn1)NCCC1CCNC1. The molecule has 0 bridgehead atoms. The van der Waals surface area contributed by atoms with Crippen LogP contribution in [0.4, 0.5) is 0 Å². The maximum atomic E-state index is 11.6. The molecule has 20 heavy (non-hydrogen) atoms. The van der Waals surface area contributed by atoms with Crippen LogP contribution < -0.4 is 10.6 Å². The van der Waals surface area contributed by atoms with Crippen molar-refractivity contribution >= 4 is 30.7 Å². The monoisotopic (exact) mass is 319 g/mol. The molecule has 1 atom stereocenters. The molecule has 4 nitrogen and oxygen atoms in total. The number of halogens is 2. The molecule has 1 aromatic rings. The van der Waals surface area contributed by atoms with Crippen molar-refractivity contribution in [2.24, 2.45) is 5.92 Å². The molecule has 0 saturated carbocycles. The van der Waals surface area contributed by atoms with E-state index in [9.17, 15) is 4.79 Å². The molecule has 0 aromatic carbocycles. The Bertz CT molecular complexity index is 370. The van der Waals surface area contributed by atoms with Gasteiger partial charge in [-0.1, -0.05) is 6.07 Å². The molecule has 1 aromatic heterocycles. The summed E-state index contributed by atoms with van der Waals surface area (Å²) in [5, 5.41) is 6.32. The largest absolute Gasteiger partial charge is 0.356 e. The predicted octanol–water partition coefficient (Wildman–Crippen LogP) is 1.97. The summed E-state index contributed by atoms with van der Waals surface area (Å²) in [6, 6.07) is 5.80. The topological polar surface area (TPSA) is 54.0 Å². The number of nitrogens with zero attached hydrogens (tertiary/aromatic N) is 1. The maximum absolute atomic E-state index is 11.6. The first-order chi connectivity index (χ1) is 8.84. The molecule has 1 amide bonds. The third-order valence-electron chi connectivity index (χ3n) is 3.37. The summed E-state index contributed by atoms with van der Waals surface area (Å²) in [5.74, 6) is 0.868. The highest BCUT2D eigenvalue weighted by atomic mass is 35.5. The van der Waals surface area contributed by atoms with Gasteiger partial charge in [-0.3, -0.25) is 9.78 Å². The maximum Gasteiger partial charge on any atom is 0.220 e. The lowest BCUT2D eigenvalue weighted by atomic mass is 10.1. The Labute approximate surface area is 132 Å².